The predicted octanol–water partition coefficient (Wildman–Crippen LogP) is 5.78. The van der Waals surface area contributed by atoms with Crippen LogP contribution in [0.5, 0.6) is 0 Å². The summed E-state index contributed by atoms with van der Waals surface area (Å²) < 4.78 is 3.73. The fourth-order valence-electron chi connectivity index (χ4n) is 4.17. The van der Waals surface area contributed by atoms with Crippen LogP contribution in [0.1, 0.15) is 42.1 Å². The maximum absolute atomic E-state index is 13.2. The molecule has 0 saturated carbocycles. The smallest absolute Gasteiger partial charge is 0.262 e. The van der Waals surface area contributed by atoms with E-state index in [1.165, 1.54) is 0 Å². The minimum absolute atomic E-state index is 0.0254. The topological polar surface area (TPSA) is 81.3 Å². The predicted molar refractivity (Wildman–Crippen MR) is 145 cm³/mol. The van der Waals surface area contributed by atoms with E-state index in [9.17, 15) is 9.59 Å². The highest BCUT2D eigenvalue weighted by molar-refractivity contribution is 7.98. The van der Waals surface area contributed by atoms with Crippen molar-refractivity contribution in [3.05, 3.63) is 100 Å². The number of aromatic nitrogens is 4. The van der Waals surface area contributed by atoms with Crippen molar-refractivity contribution in [2.45, 2.75) is 43.6 Å². The fraction of sp³-hybridized carbons (Fsp3) is 0.214. The first-order valence-corrected chi connectivity index (χ1v) is 13.1. The zero-order valence-corrected chi connectivity index (χ0v) is 20.9. The molecule has 8 heteroatoms. The number of hydrogen-bond donors (Lipinski definition) is 1. The zero-order valence-electron chi connectivity index (χ0n) is 20.1. The first kappa shape index (κ1) is 23.8. The Morgan fingerprint density at radius 2 is 1.67 bits per heavy atom. The number of aryl methyl sites for hydroxylation is 1. The molecule has 182 valence electrons. The monoisotopic (exact) mass is 497 g/mol. The van der Waals surface area contributed by atoms with Gasteiger partial charge >= 0.3 is 0 Å². The Labute approximate surface area is 213 Å². The molecule has 0 saturated heterocycles. The molecule has 0 bridgehead atoms. The van der Waals surface area contributed by atoms with E-state index in [-0.39, 0.29) is 11.5 Å². The van der Waals surface area contributed by atoms with Crippen LogP contribution in [0, 0.1) is 0 Å². The Morgan fingerprint density at radius 3 is 2.44 bits per heavy atom. The van der Waals surface area contributed by atoms with Crippen LogP contribution in [0.25, 0.3) is 16.7 Å². The summed E-state index contributed by atoms with van der Waals surface area (Å²) in [6.45, 7) is 2.77. The van der Waals surface area contributed by atoms with Crippen LogP contribution in [0.4, 0.5) is 5.69 Å². The van der Waals surface area contributed by atoms with E-state index in [2.05, 4.69) is 22.4 Å². The van der Waals surface area contributed by atoms with Gasteiger partial charge in [-0.25, -0.2) is 0 Å². The largest absolute Gasteiger partial charge is 0.322 e. The molecule has 2 heterocycles. The van der Waals surface area contributed by atoms with E-state index in [1.54, 1.807) is 16.3 Å². The average Bonchev–Trinajstić information content (AvgIpc) is 3.34. The number of unbranched alkanes of at least 4 members (excludes halogenated alkanes) is 2. The third-order valence-corrected chi connectivity index (χ3v) is 7.08. The van der Waals surface area contributed by atoms with Gasteiger partial charge in [-0.1, -0.05) is 74.0 Å². The molecule has 0 radical (unpaired) electrons. The second kappa shape index (κ2) is 10.8. The highest BCUT2D eigenvalue weighted by atomic mass is 32.2. The summed E-state index contributed by atoms with van der Waals surface area (Å²) in [7, 11) is 0. The van der Waals surface area contributed by atoms with Gasteiger partial charge in [-0.05, 0) is 48.4 Å². The van der Waals surface area contributed by atoms with Crippen LogP contribution in [0.2, 0.25) is 0 Å². The lowest BCUT2D eigenvalue weighted by Crippen LogP contribution is -2.23. The third-order valence-electron chi connectivity index (χ3n) is 6.08. The summed E-state index contributed by atoms with van der Waals surface area (Å²) in [5, 5.41) is 13.1. The van der Waals surface area contributed by atoms with Gasteiger partial charge in [0.15, 0.2) is 5.16 Å². The molecule has 0 spiro atoms. The van der Waals surface area contributed by atoms with Crippen LogP contribution >= 0.6 is 11.8 Å². The van der Waals surface area contributed by atoms with Gasteiger partial charge in [0.1, 0.15) is 0 Å². The Balaban J connectivity index is 1.37. The molecule has 5 rings (SSSR count). The molecule has 1 amide bonds. The van der Waals surface area contributed by atoms with Crippen molar-refractivity contribution >= 4 is 40.0 Å². The summed E-state index contributed by atoms with van der Waals surface area (Å²) in [6, 6.07) is 24.6. The number of amides is 1. The number of rotatable bonds is 9. The maximum atomic E-state index is 13.2. The summed E-state index contributed by atoms with van der Waals surface area (Å²) in [6.07, 6.45) is 3.06. The van der Waals surface area contributed by atoms with Crippen LogP contribution in [-0.4, -0.2) is 25.1 Å². The molecular formula is C28H27N5O2S. The van der Waals surface area contributed by atoms with E-state index in [1.807, 2.05) is 83.3 Å². The summed E-state index contributed by atoms with van der Waals surface area (Å²) >= 11 is 1.56. The number of nitrogens with one attached hydrogen (secondary N) is 1. The number of fused-ring (bicyclic) bond motifs is 3. The van der Waals surface area contributed by atoms with Crippen molar-refractivity contribution < 1.29 is 4.79 Å². The minimum Gasteiger partial charge on any atom is -0.322 e. The molecule has 0 aliphatic heterocycles. The first-order valence-electron chi connectivity index (χ1n) is 12.1. The number of hydrogen-bond acceptors (Lipinski definition) is 5. The number of carbonyl (C=O) groups is 1. The van der Waals surface area contributed by atoms with Gasteiger partial charge in [-0.15, -0.1) is 10.2 Å². The molecule has 5 aromatic rings. The Bertz CT molecular complexity index is 1560. The van der Waals surface area contributed by atoms with Crippen LogP contribution in [0.15, 0.2) is 88.8 Å². The number of carbonyl (C=O) groups excluding carboxylic acids is 1. The maximum Gasteiger partial charge on any atom is 0.262 e. The van der Waals surface area contributed by atoms with Crippen molar-refractivity contribution in [2.24, 2.45) is 0 Å². The normalized spacial score (nSPS) is 11.2. The van der Waals surface area contributed by atoms with Crippen LogP contribution in [-0.2, 0) is 12.3 Å². The quantitative estimate of drug-likeness (QED) is 0.206. The highest BCUT2D eigenvalue weighted by Gasteiger charge is 2.17. The number of thioether (sulfide) groups is 1. The van der Waals surface area contributed by atoms with Gasteiger partial charge < -0.3 is 5.32 Å². The lowest BCUT2D eigenvalue weighted by Gasteiger charge is -2.11. The molecule has 0 aliphatic rings. The lowest BCUT2D eigenvalue weighted by atomic mass is 10.1. The Morgan fingerprint density at radius 1 is 0.917 bits per heavy atom. The van der Waals surface area contributed by atoms with E-state index in [4.69, 9.17) is 0 Å². The third kappa shape index (κ3) is 4.90. The molecule has 1 N–H and O–H groups in total. The molecule has 0 unspecified atom stereocenters. The van der Waals surface area contributed by atoms with Crippen LogP contribution in [0.3, 0.4) is 0 Å². The summed E-state index contributed by atoms with van der Waals surface area (Å²) in [5.41, 5.74) is 3.21. The lowest BCUT2D eigenvalue weighted by molar-refractivity contribution is 0.102. The second-order valence-electron chi connectivity index (χ2n) is 8.60. The number of para-hydroxylation sites is 2. The number of nitrogens with zero attached hydrogens (tertiary/aromatic N) is 4. The second-order valence-corrected chi connectivity index (χ2v) is 9.55. The van der Waals surface area contributed by atoms with E-state index < -0.39 is 0 Å². The standard InChI is InChI=1S/C28H27N5O2S/c1-2-3-9-18-32-26(35)23-12-7-8-13-24(23)33-27(32)30-31-28(33)36-19-20-14-16-21(17-15-20)25(34)29-22-10-5-4-6-11-22/h4-8,10-17H,2-3,9,18-19H2,1H3,(H,29,34). The Kier molecular flexibility index (Phi) is 7.13. The first-order chi connectivity index (χ1) is 17.7. The van der Waals surface area contributed by atoms with Crippen molar-refractivity contribution in [1.82, 2.24) is 19.2 Å². The average molecular weight is 498 g/mol. The zero-order chi connectivity index (χ0) is 24.9. The number of benzene rings is 3. The van der Waals surface area contributed by atoms with E-state index in [0.717, 1.165) is 41.2 Å². The fourth-order valence-corrected chi connectivity index (χ4v) is 5.07. The van der Waals surface area contributed by atoms with Gasteiger partial charge in [-0.3, -0.25) is 18.6 Å². The van der Waals surface area contributed by atoms with Gasteiger partial charge in [0, 0.05) is 23.5 Å². The number of anilines is 1. The Hall–Kier alpha value is -3.91. The summed E-state index contributed by atoms with van der Waals surface area (Å²) in [4.78, 5) is 25.7. The molecule has 2 aromatic heterocycles. The van der Waals surface area contributed by atoms with Crippen molar-refractivity contribution in [3.8, 4) is 0 Å². The van der Waals surface area contributed by atoms with Gasteiger partial charge in [0.25, 0.3) is 11.5 Å². The molecule has 0 aliphatic carbocycles. The SMILES string of the molecule is CCCCCn1c(=O)c2ccccc2n2c(SCc3ccc(C(=O)Nc4ccccc4)cc3)nnc12. The minimum atomic E-state index is -0.142. The molecule has 3 aromatic carbocycles. The van der Waals surface area contributed by atoms with Gasteiger partial charge in [0.2, 0.25) is 5.78 Å². The molecule has 7 nitrogen and oxygen atoms in total. The molecule has 0 fully saturated rings. The summed E-state index contributed by atoms with van der Waals surface area (Å²) in [5.74, 6) is 1.09. The molecule has 0 atom stereocenters. The van der Waals surface area contributed by atoms with Crippen LogP contribution < -0.4 is 10.9 Å². The van der Waals surface area contributed by atoms with E-state index in [0.29, 0.717) is 29.0 Å². The molecule has 36 heavy (non-hydrogen) atoms. The molecular weight excluding hydrogens is 470 g/mol. The highest BCUT2D eigenvalue weighted by Crippen LogP contribution is 2.25. The van der Waals surface area contributed by atoms with Gasteiger partial charge in [0.05, 0.1) is 10.9 Å². The van der Waals surface area contributed by atoms with E-state index >= 15 is 0 Å². The van der Waals surface area contributed by atoms with Crippen molar-refractivity contribution in [2.75, 3.05) is 5.32 Å². The van der Waals surface area contributed by atoms with Gasteiger partial charge in [-0.2, -0.15) is 0 Å². The van der Waals surface area contributed by atoms with Crippen molar-refractivity contribution in [1.29, 1.82) is 0 Å². The van der Waals surface area contributed by atoms with Crippen molar-refractivity contribution in [3.63, 3.8) is 0 Å².